The SMILES string of the molecule is N=C(N)SCCOC(=O)C=O. The van der Waals surface area contributed by atoms with E-state index in [1.807, 2.05) is 0 Å². The molecule has 0 unspecified atom stereocenters. The molecule has 0 aromatic rings. The van der Waals surface area contributed by atoms with Gasteiger partial charge in [-0.25, -0.2) is 4.79 Å². The van der Waals surface area contributed by atoms with Crippen molar-refractivity contribution in [3.8, 4) is 0 Å². The molecule has 6 heteroatoms. The Morgan fingerprint density at radius 1 is 1.73 bits per heavy atom. The Morgan fingerprint density at radius 3 is 2.82 bits per heavy atom. The number of aldehydes is 1. The molecule has 0 heterocycles. The molecule has 0 aromatic heterocycles. The highest BCUT2D eigenvalue weighted by atomic mass is 32.2. The van der Waals surface area contributed by atoms with Crippen LogP contribution in [-0.4, -0.2) is 29.8 Å². The third-order valence-electron chi connectivity index (χ3n) is 0.681. The lowest BCUT2D eigenvalue weighted by Crippen LogP contribution is -2.11. The molecule has 0 aliphatic heterocycles. The highest BCUT2D eigenvalue weighted by Crippen LogP contribution is 1.96. The fourth-order valence-electron chi connectivity index (χ4n) is 0.328. The topological polar surface area (TPSA) is 93.2 Å². The first kappa shape index (κ1) is 9.96. The second kappa shape index (κ2) is 5.72. The van der Waals surface area contributed by atoms with Crippen LogP contribution in [0.1, 0.15) is 0 Å². The van der Waals surface area contributed by atoms with Crippen molar-refractivity contribution in [1.82, 2.24) is 0 Å². The fraction of sp³-hybridized carbons (Fsp3) is 0.400. The summed E-state index contributed by atoms with van der Waals surface area (Å²) in [6, 6.07) is 0. The van der Waals surface area contributed by atoms with Crippen LogP contribution in [0.5, 0.6) is 0 Å². The molecule has 0 radical (unpaired) electrons. The largest absolute Gasteiger partial charge is 0.459 e. The number of hydrogen-bond donors (Lipinski definition) is 2. The van der Waals surface area contributed by atoms with Crippen molar-refractivity contribution in [2.45, 2.75) is 0 Å². The molecule has 0 saturated heterocycles. The second-order valence-electron chi connectivity index (χ2n) is 1.50. The third kappa shape index (κ3) is 6.85. The first-order valence-corrected chi connectivity index (χ1v) is 3.74. The molecule has 5 nitrogen and oxygen atoms in total. The summed E-state index contributed by atoms with van der Waals surface area (Å²) in [5, 5.41) is 6.72. The number of nitrogens with two attached hydrogens (primary N) is 1. The quantitative estimate of drug-likeness (QED) is 0.148. The zero-order valence-electron chi connectivity index (χ0n) is 5.70. The lowest BCUT2D eigenvalue weighted by Gasteiger charge is -1.98. The van der Waals surface area contributed by atoms with Gasteiger partial charge in [-0.1, -0.05) is 11.8 Å². The standard InChI is InChI=1S/C5H8N2O3S/c6-5(7)11-2-1-10-4(9)3-8/h3H,1-2H2,(H3,6,7). The number of carbonyl (C=O) groups is 2. The summed E-state index contributed by atoms with van der Waals surface area (Å²) in [6.45, 7) is 0.0990. The van der Waals surface area contributed by atoms with Gasteiger partial charge in [0.1, 0.15) is 6.61 Å². The van der Waals surface area contributed by atoms with Crippen molar-refractivity contribution in [1.29, 1.82) is 5.41 Å². The first-order chi connectivity index (χ1) is 5.16. The summed E-state index contributed by atoms with van der Waals surface area (Å²) in [5.74, 6) is -0.497. The van der Waals surface area contributed by atoms with Gasteiger partial charge in [0.05, 0.1) is 0 Å². The summed E-state index contributed by atoms with van der Waals surface area (Å²) in [6.07, 6.45) is 0.0957. The van der Waals surface area contributed by atoms with Crippen LogP contribution in [0, 0.1) is 5.41 Å². The van der Waals surface area contributed by atoms with Gasteiger partial charge in [-0.15, -0.1) is 0 Å². The normalized spacial score (nSPS) is 8.73. The summed E-state index contributed by atoms with van der Waals surface area (Å²) in [4.78, 5) is 19.9. The van der Waals surface area contributed by atoms with E-state index >= 15 is 0 Å². The van der Waals surface area contributed by atoms with Gasteiger partial charge in [-0.3, -0.25) is 10.2 Å². The molecule has 0 fully saturated rings. The smallest absolute Gasteiger partial charge is 0.371 e. The monoisotopic (exact) mass is 176 g/mol. The molecule has 0 saturated carbocycles. The molecule has 0 aliphatic carbocycles. The van der Waals surface area contributed by atoms with Gasteiger partial charge in [0, 0.05) is 5.75 Å². The minimum absolute atomic E-state index is 0.0350. The lowest BCUT2D eigenvalue weighted by atomic mass is 10.7. The predicted molar refractivity (Wildman–Crippen MR) is 41.4 cm³/mol. The van der Waals surface area contributed by atoms with Gasteiger partial charge in [-0.2, -0.15) is 0 Å². The Balaban J connectivity index is 3.21. The van der Waals surface area contributed by atoms with Crippen molar-refractivity contribution >= 4 is 29.2 Å². The number of thioether (sulfide) groups is 1. The van der Waals surface area contributed by atoms with Crippen molar-refractivity contribution in [3.63, 3.8) is 0 Å². The zero-order valence-corrected chi connectivity index (χ0v) is 6.52. The van der Waals surface area contributed by atoms with E-state index in [-0.39, 0.29) is 18.1 Å². The minimum Gasteiger partial charge on any atom is -0.459 e. The van der Waals surface area contributed by atoms with Crippen LogP contribution < -0.4 is 5.73 Å². The van der Waals surface area contributed by atoms with E-state index in [9.17, 15) is 9.59 Å². The van der Waals surface area contributed by atoms with Crippen molar-refractivity contribution < 1.29 is 14.3 Å². The van der Waals surface area contributed by atoms with Crippen LogP contribution in [0.15, 0.2) is 0 Å². The molecule has 0 amide bonds. The summed E-state index contributed by atoms with van der Waals surface area (Å²) in [7, 11) is 0. The number of ether oxygens (including phenoxy) is 1. The number of nitrogens with one attached hydrogen (secondary N) is 1. The molecule has 3 N–H and O–H groups in total. The summed E-state index contributed by atoms with van der Waals surface area (Å²) < 4.78 is 4.36. The average Bonchev–Trinajstić information content (AvgIpc) is 1.97. The van der Waals surface area contributed by atoms with E-state index in [4.69, 9.17) is 11.1 Å². The number of esters is 1. The number of amidine groups is 1. The maximum Gasteiger partial charge on any atom is 0.371 e. The molecule has 0 bridgehead atoms. The minimum atomic E-state index is -0.894. The highest BCUT2D eigenvalue weighted by Gasteiger charge is 1.98. The zero-order chi connectivity index (χ0) is 8.69. The predicted octanol–water partition coefficient (Wildman–Crippen LogP) is -0.645. The van der Waals surface area contributed by atoms with Crippen molar-refractivity contribution in [3.05, 3.63) is 0 Å². The Hall–Kier alpha value is -1.04. The molecule has 0 aliphatic rings. The summed E-state index contributed by atoms with van der Waals surface area (Å²) >= 11 is 1.05. The van der Waals surface area contributed by atoms with Crippen LogP contribution in [0.4, 0.5) is 0 Å². The van der Waals surface area contributed by atoms with E-state index in [0.717, 1.165) is 11.8 Å². The van der Waals surface area contributed by atoms with Gasteiger partial charge in [0.25, 0.3) is 0 Å². The number of carbonyl (C=O) groups excluding carboxylic acids is 2. The Kier molecular flexibility index (Phi) is 5.18. The molecule has 0 rings (SSSR count). The van der Waals surface area contributed by atoms with Crippen LogP contribution >= 0.6 is 11.8 Å². The Bertz CT molecular complexity index is 171. The maximum absolute atomic E-state index is 10.2. The summed E-state index contributed by atoms with van der Waals surface area (Å²) in [5.41, 5.74) is 4.98. The van der Waals surface area contributed by atoms with E-state index in [2.05, 4.69) is 4.74 Å². The van der Waals surface area contributed by atoms with Crippen LogP contribution in [-0.2, 0) is 14.3 Å². The Labute approximate surface area is 67.8 Å². The van der Waals surface area contributed by atoms with Gasteiger partial charge in [0.15, 0.2) is 5.17 Å². The Morgan fingerprint density at radius 2 is 2.36 bits per heavy atom. The van der Waals surface area contributed by atoms with Crippen LogP contribution in [0.3, 0.4) is 0 Å². The van der Waals surface area contributed by atoms with E-state index < -0.39 is 5.97 Å². The van der Waals surface area contributed by atoms with Crippen LogP contribution in [0.2, 0.25) is 0 Å². The van der Waals surface area contributed by atoms with E-state index in [1.165, 1.54) is 0 Å². The van der Waals surface area contributed by atoms with Gasteiger partial charge < -0.3 is 10.5 Å². The molecule has 0 aromatic carbocycles. The average molecular weight is 176 g/mol. The molecule has 0 spiro atoms. The molecule has 11 heavy (non-hydrogen) atoms. The number of rotatable bonds is 4. The van der Waals surface area contributed by atoms with Gasteiger partial charge >= 0.3 is 5.97 Å². The molecule has 62 valence electrons. The maximum atomic E-state index is 10.2. The first-order valence-electron chi connectivity index (χ1n) is 2.75. The highest BCUT2D eigenvalue weighted by molar-refractivity contribution is 8.13. The third-order valence-corrected chi connectivity index (χ3v) is 1.36. The van der Waals surface area contributed by atoms with Gasteiger partial charge in [-0.05, 0) is 0 Å². The molecular formula is C5H8N2O3S. The van der Waals surface area contributed by atoms with E-state index in [1.54, 1.807) is 0 Å². The second-order valence-corrected chi connectivity index (χ2v) is 2.63. The van der Waals surface area contributed by atoms with Crippen molar-refractivity contribution in [2.24, 2.45) is 5.73 Å². The van der Waals surface area contributed by atoms with Gasteiger partial charge in [0.2, 0.25) is 6.29 Å². The van der Waals surface area contributed by atoms with Crippen molar-refractivity contribution in [2.75, 3.05) is 12.4 Å². The van der Waals surface area contributed by atoms with Crippen LogP contribution in [0.25, 0.3) is 0 Å². The molecule has 0 atom stereocenters. The number of hydrogen-bond acceptors (Lipinski definition) is 5. The lowest BCUT2D eigenvalue weighted by molar-refractivity contribution is -0.148. The van der Waals surface area contributed by atoms with E-state index in [0.29, 0.717) is 5.75 Å². The fourth-order valence-corrected chi connectivity index (χ4v) is 0.714. The molecular weight excluding hydrogens is 168 g/mol.